The Morgan fingerprint density at radius 3 is 2.38 bits per heavy atom. The summed E-state index contributed by atoms with van der Waals surface area (Å²) < 4.78 is 66.9. The Balaban J connectivity index is 1.60. The van der Waals surface area contributed by atoms with Crippen LogP contribution in [0.1, 0.15) is 36.9 Å². The smallest absolute Gasteiger partial charge is 0.293 e. The topological polar surface area (TPSA) is 87.8 Å². The molecule has 0 radical (unpaired) electrons. The SMILES string of the molecule is CC(NS(=O)(=O)c1ccc(-c2c(C#N)c3ccc(C4CC4)nc3n2C2=CC=C2)cc1)C(F)(F)F. The molecular weight excluding hydrogens is 465 g/mol. The van der Waals surface area contributed by atoms with E-state index in [4.69, 9.17) is 4.98 Å². The largest absolute Gasteiger partial charge is 0.404 e. The molecule has 0 bridgehead atoms. The van der Waals surface area contributed by atoms with Crippen molar-refractivity contribution >= 4 is 26.8 Å². The lowest BCUT2D eigenvalue weighted by atomic mass is 10.1. The number of nitrogens with zero attached hydrogens (tertiary/aromatic N) is 3. The zero-order valence-electron chi connectivity index (χ0n) is 18.0. The van der Waals surface area contributed by atoms with Gasteiger partial charge in [-0.05, 0) is 56.2 Å². The molecule has 1 aromatic carbocycles. The van der Waals surface area contributed by atoms with Gasteiger partial charge >= 0.3 is 6.18 Å². The molecule has 5 rings (SSSR count). The molecule has 3 aromatic rings. The summed E-state index contributed by atoms with van der Waals surface area (Å²) >= 11 is 0. The summed E-state index contributed by atoms with van der Waals surface area (Å²) in [5.41, 5.74) is 3.94. The first-order valence-electron chi connectivity index (χ1n) is 10.6. The van der Waals surface area contributed by atoms with Crippen LogP contribution in [0.2, 0.25) is 0 Å². The van der Waals surface area contributed by atoms with Crippen LogP contribution in [0.3, 0.4) is 0 Å². The van der Waals surface area contributed by atoms with Gasteiger partial charge in [0.2, 0.25) is 10.0 Å². The Hall–Kier alpha value is -3.42. The van der Waals surface area contributed by atoms with Crippen molar-refractivity contribution in [3.05, 3.63) is 65.9 Å². The molecule has 0 amide bonds. The molecule has 2 aliphatic rings. The van der Waals surface area contributed by atoms with Crippen molar-refractivity contribution < 1.29 is 21.6 Å². The van der Waals surface area contributed by atoms with Gasteiger partial charge in [-0.25, -0.2) is 13.4 Å². The van der Waals surface area contributed by atoms with Crippen LogP contribution in [-0.2, 0) is 10.0 Å². The van der Waals surface area contributed by atoms with E-state index in [1.807, 2.05) is 34.9 Å². The Kier molecular flexibility index (Phi) is 5.15. The molecule has 2 aliphatic carbocycles. The van der Waals surface area contributed by atoms with E-state index in [0.29, 0.717) is 33.8 Å². The molecule has 2 heterocycles. The summed E-state index contributed by atoms with van der Waals surface area (Å²) in [5, 5.41) is 10.7. The fourth-order valence-electron chi connectivity index (χ4n) is 3.91. The van der Waals surface area contributed by atoms with Crippen LogP contribution < -0.4 is 4.72 Å². The van der Waals surface area contributed by atoms with Gasteiger partial charge in [-0.2, -0.15) is 23.2 Å². The van der Waals surface area contributed by atoms with Crippen LogP contribution in [0.4, 0.5) is 13.2 Å². The van der Waals surface area contributed by atoms with Crippen LogP contribution in [0.5, 0.6) is 0 Å². The number of hydrogen-bond donors (Lipinski definition) is 1. The first kappa shape index (κ1) is 22.4. The molecule has 0 spiro atoms. The number of halogens is 3. The Morgan fingerprint density at radius 2 is 1.85 bits per heavy atom. The molecule has 1 saturated carbocycles. The molecule has 1 atom stereocenters. The van der Waals surface area contributed by atoms with Gasteiger partial charge in [0, 0.05) is 28.3 Å². The Morgan fingerprint density at radius 1 is 1.18 bits per heavy atom. The number of hydrogen-bond acceptors (Lipinski definition) is 4. The van der Waals surface area contributed by atoms with E-state index in [1.165, 1.54) is 24.3 Å². The highest BCUT2D eigenvalue weighted by Crippen LogP contribution is 2.42. The predicted molar refractivity (Wildman–Crippen MR) is 121 cm³/mol. The van der Waals surface area contributed by atoms with Crippen molar-refractivity contribution in [1.82, 2.24) is 14.3 Å². The average molecular weight is 485 g/mol. The normalized spacial score (nSPS) is 16.7. The minimum atomic E-state index is -4.70. The molecule has 0 aliphatic heterocycles. The lowest BCUT2D eigenvalue weighted by Crippen LogP contribution is -2.42. The van der Waals surface area contributed by atoms with Crippen LogP contribution in [0.15, 0.2) is 59.5 Å². The van der Waals surface area contributed by atoms with Gasteiger partial charge in [-0.1, -0.05) is 18.2 Å². The highest BCUT2D eigenvalue weighted by molar-refractivity contribution is 7.89. The molecule has 174 valence electrons. The first-order chi connectivity index (χ1) is 16.1. The number of sulfonamides is 1. The van der Waals surface area contributed by atoms with E-state index >= 15 is 0 Å². The maximum atomic E-state index is 12.8. The van der Waals surface area contributed by atoms with Gasteiger partial charge in [-0.15, -0.1) is 0 Å². The van der Waals surface area contributed by atoms with Crippen LogP contribution in [0, 0.1) is 11.3 Å². The van der Waals surface area contributed by atoms with Crippen molar-refractivity contribution in [2.75, 3.05) is 0 Å². The second kappa shape index (κ2) is 7.82. The fourth-order valence-corrected chi connectivity index (χ4v) is 5.14. The van der Waals surface area contributed by atoms with Crippen molar-refractivity contribution in [2.45, 2.75) is 42.8 Å². The molecule has 10 heteroatoms. The molecule has 2 aromatic heterocycles. The summed E-state index contributed by atoms with van der Waals surface area (Å²) in [6.45, 7) is 0.742. The van der Waals surface area contributed by atoms with Crippen LogP contribution in [0.25, 0.3) is 28.0 Å². The van der Waals surface area contributed by atoms with Crippen molar-refractivity contribution in [3.63, 3.8) is 0 Å². The lowest BCUT2D eigenvalue weighted by Gasteiger charge is -2.18. The first-order valence-corrected chi connectivity index (χ1v) is 12.1. The highest BCUT2D eigenvalue weighted by Gasteiger charge is 2.39. The maximum absolute atomic E-state index is 12.8. The van der Waals surface area contributed by atoms with Crippen molar-refractivity contribution in [2.24, 2.45) is 0 Å². The third-order valence-corrected chi connectivity index (χ3v) is 7.56. The molecule has 34 heavy (non-hydrogen) atoms. The monoisotopic (exact) mass is 484 g/mol. The van der Waals surface area contributed by atoms with E-state index in [2.05, 4.69) is 6.07 Å². The van der Waals surface area contributed by atoms with Gasteiger partial charge in [-0.3, -0.25) is 4.57 Å². The van der Waals surface area contributed by atoms with E-state index in [9.17, 15) is 26.9 Å². The number of nitriles is 1. The number of alkyl halides is 3. The van der Waals surface area contributed by atoms with Crippen molar-refractivity contribution in [3.8, 4) is 17.3 Å². The number of allylic oxidation sites excluding steroid dienone is 4. The van der Waals surface area contributed by atoms with Crippen molar-refractivity contribution in [1.29, 1.82) is 5.26 Å². The third-order valence-electron chi connectivity index (χ3n) is 6.00. The predicted octanol–water partition coefficient (Wildman–Crippen LogP) is 5.09. The summed E-state index contributed by atoms with van der Waals surface area (Å²) in [6.07, 6.45) is 3.10. The number of rotatable bonds is 6. The van der Waals surface area contributed by atoms with E-state index in [1.54, 1.807) is 4.72 Å². The standard InChI is InChI=1S/C24H19F3N4O2S/c1-14(24(25,26)27)30-34(32,33)18-9-7-16(8-10-18)22-20(13-28)19-11-12-21(15-5-6-15)29-23(19)31(22)17-3-2-4-17/h2-4,7-12,14-15,30H,5-6H2,1H3. The average Bonchev–Trinajstić information content (AvgIpc) is 3.55. The van der Waals surface area contributed by atoms with E-state index in [-0.39, 0.29) is 4.90 Å². The second-order valence-corrected chi connectivity index (χ2v) is 10.1. The van der Waals surface area contributed by atoms with Gasteiger partial charge in [0.15, 0.2) is 0 Å². The summed E-state index contributed by atoms with van der Waals surface area (Å²) in [5.74, 6) is 0.420. The summed E-state index contributed by atoms with van der Waals surface area (Å²) in [4.78, 5) is 4.53. The quantitative estimate of drug-likeness (QED) is 0.528. The second-order valence-electron chi connectivity index (χ2n) is 8.41. The van der Waals surface area contributed by atoms with Gasteiger partial charge in [0.25, 0.3) is 0 Å². The van der Waals surface area contributed by atoms with Gasteiger partial charge in [0.05, 0.1) is 16.2 Å². The number of nitrogens with one attached hydrogen (secondary N) is 1. The molecule has 0 saturated heterocycles. The lowest BCUT2D eigenvalue weighted by molar-refractivity contribution is -0.147. The number of fused-ring (bicyclic) bond motifs is 1. The fraction of sp³-hybridized carbons (Fsp3) is 0.250. The summed E-state index contributed by atoms with van der Waals surface area (Å²) in [7, 11) is -4.39. The number of benzene rings is 1. The van der Waals surface area contributed by atoms with Gasteiger partial charge < -0.3 is 0 Å². The van der Waals surface area contributed by atoms with E-state index in [0.717, 1.165) is 31.2 Å². The zero-order valence-corrected chi connectivity index (χ0v) is 18.8. The molecule has 1 fully saturated rings. The summed E-state index contributed by atoms with van der Waals surface area (Å²) in [6, 6.07) is 9.28. The molecule has 1 N–H and O–H groups in total. The molecule has 1 unspecified atom stereocenters. The number of pyridine rings is 1. The minimum absolute atomic E-state index is 0.301. The van der Waals surface area contributed by atoms with E-state index < -0.39 is 22.2 Å². The van der Waals surface area contributed by atoms with Crippen LogP contribution >= 0.6 is 0 Å². The minimum Gasteiger partial charge on any atom is -0.293 e. The maximum Gasteiger partial charge on any atom is 0.404 e. The number of aromatic nitrogens is 2. The Labute approximate surface area is 194 Å². The van der Waals surface area contributed by atoms with Gasteiger partial charge in [0.1, 0.15) is 17.8 Å². The highest BCUT2D eigenvalue weighted by atomic mass is 32.2. The Bertz CT molecular complexity index is 1510. The third kappa shape index (κ3) is 3.81. The molecule has 6 nitrogen and oxygen atoms in total. The molecular formula is C24H19F3N4O2S. The van der Waals surface area contributed by atoms with Crippen LogP contribution in [-0.4, -0.2) is 30.2 Å². The zero-order chi connectivity index (χ0) is 24.3.